The summed E-state index contributed by atoms with van der Waals surface area (Å²) in [4.78, 5) is 11.9. The van der Waals surface area contributed by atoms with Crippen molar-refractivity contribution in [1.29, 1.82) is 0 Å². The van der Waals surface area contributed by atoms with Crippen molar-refractivity contribution in [2.75, 3.05) is 5.32 Å². The van der Waals surface area contributed by atoms with Crippen molar-refractivity contribution in [3.05, 3.63) is 60.2 Å². The third-order valence-electron chi connectivity index (χ3n) is 2.35. The minimum absolute atomic E-state index is 0.0711. The first-order valence-electron chi connectivity index (χ1n) is 5.23. The summed E-state index contributed by atoms with van der Waals surface area (Å²) in [7, 11) is 0. The topological polar surface area (TPSA) is 69.2 Å². The van der Waals surface area contributed by atoms with Crippen molar-refractivity contribution < 1.29 is 13.6 Å². The number of carbonyl (C=O) groups excluding carboxylic acids is 1. The van der Waals surface area contributed by atoms with E-state index in [4.69, 9.17) is 0 Å². The maximum absolute atomic E-state index is 11.9. The molecule has 0 aliphatic carbocycles. The highest BCUT2D eigenvalue weighted by Gasteiger charge is 2.08. The van der Waals surface area contributed by atoms with Crippen LogP contribution in [0, 0.1) is 0 Å². The molecule has 2 aromatic carbocycles. The molecule has 0 saturated carbocycles. The summed E-state index contributed by atoms with van der Waals surface area (Å²) >= 11 is -2.38. The van der Waals surface area contributed by atoms with Crippen LogP contribution in [0.25, 0.3) is 0 Å². The van der Waals surface area contributed by atoms with Gasteiger partial charge in [0.05, 0.1) is 5.69 Å². The van der Waals surface area contributed by atoms with Gasteiger partial charge in [0.1, 0.15) is 0 Å². The molecule has 0 spiro atoms. The Morgan fingerprint density at radius 3 is 2.28 bits per heavy atom. The number of hydrogen-bond acceptors (Lipinski definition) is 3. The van der Waals surface area contributed by atoms with Crippen LogP contribution >= 0.6 is 0 Å². The van der Waals surface area contributed by atoms with Gasteiger partial charge in [-0.15, -0.1) is 0 Å². The Balaban J connectivity index is 2.25. The summed E-state index contributed by atoms with van der Waals surface area (Å²) in [5.74, 6) is -0.339. The standard InChI is InChI=1S/C13H11NO3S/c15-13(10-6-2-1-3-7-10)14-11-8-4-5-9-12(11)18(16)17/h1-9H,(H,14,15)(H,16,17)/p-1. The molecule has 1 N–H and O–H groups in total. The molecule has 0 bridgehead atoms. The number of amides is 1. The first-order chi connectivity index (χ1) is 8.68. The fourth-order valence-corrected chi connectivity index (χ4v) is 1.99. The minimum Gasteiger partial charge on any atom is -0.768 e. The molecule has 92 valence electrons. The van der Waals surface area contributed by atoms with Crippen molar-refractivity contribution >= 4 is 22.7 Å². The van der Waals surface area contributed by atoms with Crippen molar-refractivity contribution in [3.8, 4) is 0 Å². The quantitative estimate of drug-likeness (QED) is 0.860. The molecular formula is C13H10NO3S-. The number of hydrogen-bond donors (Lipinski definition) is 1. The van der Waals surface area contributed by atoms with Gasteiger partial charge in [-0.2, -0.15) is 0 Å². The van der Waals surface area contributed by atoms with Gasteiger partial charge in [-0.1, -0.05) is 30.3 Å². The largest absolute Gasteiger partial charge is 0.768 e. The highest BCUT2D eigenvalue weighted by atomic mass is 32.2. The van der Waals surface area contributed by atoms with Crippen molar-refractivity contribution in [2.45, 2.75) is 4.90 Å². The maximum Gasteiger partial charge on any atom is 0.255 e. The van der Waals surface area contributed by atoms with Crippen molar-refractivity contribution in [3.63, 3.8) is 0 Å². The monoisotopic (exact) mass is 260 g/mol. The lowest BCUT2D eigenvalue weighted by Crippen LogP contribution is -2.13. The van der Waals surface area contributed by atoms with Crippen LogP contribution in [-0.2, 0) is 11.1 Å². The van der Waals surface area contributed by atoms with E-state index in [9.17, 15) is 13.6 Å². The normalized spacial score (nSPS) is 11.8. The number of nitrogens with one attached hydrogen (secondary N) is 1. The molecule has 1 unspecified atom stereocenters. The van der Waals surface area contributed by atoms with Crippen LogP contribution < -0.4 is 5.32 Å². The van der Waals surface area contributed by atoms with Gasteiger partial charge < -0.3 is 9.87 Å². The average molecular weight is 260 g/mol. The molecular weight excluding hydrogens is 250 g/mol. The lowest BCUT2D eigenvalue weighted by molar-refractivity contribution is 0.102. The molecule has 18 heavy (non-hydrogen) atoms. The lowest BCUT2D eigenvalue weighted by atomic mass is 10.2. The maximum atomic E-state index is 11.9. The second-order valence-electron chi connectivity index (χ2n) is 3.55. The molecule has 2 aromatic rings. The fraction of sp³-hybridized carbons (Fsp3) is 0. The molecule has 0 aromatic heterocycles. The molecule has 0 radical (unpaired) electrons. The molecule has 4 nitrogen and oxygen atoms in total. The van der Waals surface area contributed by atoms with Crippen LogP contribution in [0.15, 0.2) is 59.5 Å². The molecule has 0 saturated heterocycles. The number of rotatable bonds is 3. The van der Waals surface area contributed by atoms with E-state index >= 15 is 0 Å². The number of benzene rings is 2. The second-order valence-corrected chi connectivity index (χ2v) is 4.46. The van der Waals surface area contributed by atoms with Gasteiger partial charge in [0, 0.05) is 10.5 Å². The summed E-state index contributed by atoms with van der Waals surface area (Å²) in [6, 6.07) is 14.9. The van der Waals surface area contributed by atoms with Gasteiger partial charge >= 0.3 is 0 Å². The summed E-state index contributed by atoms with van der Waals surface area (Å²) in [6.07, 6.45) is 0. The SMILES string of the molecule is O=C(Nc1ccccc1S(=O)[O-])c1ccccc1. The van der Waals surface area contributed by atoms with E-state index in [1.165, 1.54) is 6.07 Å². The van der Waals surface area contributed by atoms with Gasteiger partial charge in [-0.3, -0.25) is 9.00 Å². The van der Waals surface area contributed by atoms with E-state index in [1.54, 1.807) is 48.5 Å². The van der Waals surface area contributed by atoms with Crippen molar-refractivity contribution in [2.24, 2.45) is 0 Å². The third kappa shape index (κ3) is 2.82. The Morgan fingerprint density at radius 2 is 1.61 bits per heavy atom. The van der Waals surface area contributed by atoms with E-state index in [-0.39, 0.29) is 16.5 Å². The summed E-state index contributed by atoms with van der Waals surface area (Å²) < 4.78 is 22.0. The van der Waals surface area contributed by atoms with Crippen molar-refractivity contribution in [1.82, 2.24) is 0 Å². The Hall–Kier alpha value is -1.98. The van der Waals surface area contributed by atoms with Gasteiger partial charge in [0.25, 0.3) is 5.91 Å². The Bertz CT molecular complexity index is 584. The van der Waals surface area contributed by atoms with Crippen LogP contribution in [0.3, 0.4) is 0 Å². The predicted molar refractivity (Wildman–Crippen MR) is 68.0 cm³/mol. The molecule has 0 heterocycles. The van der Waals surface area contributed by atoms with Gasteiger partial charge in [0.2, 0.25) is 0 Å². The lowest BCUT2D eigenvalue weighted by Gasteiger charge is -2.12. The van der Waals surface area contributed by atoms with E-state index < -0.39 is 11.1 Å². The Morgan fingerprint density at radius 1 is 1.00 bits per heavy atom. The van der Waals surface area contributed by atoms with Crippen LogP contribution in [0.5, 0.6) is 0 Å². The first kappa shape index (κ1) is 12.5. The Labute approximate surface area is 107 Å². The smallest absolute Gasteiger partial charge is 0.255 e. The average Bonchev–Trinajstić information content (AvgIpc) is 2.40. The second kappa shape index (κ2) is 5.57. The van der Waals surface area contributed by atoms with E-state index in [0.717, 1.165) is 0 Å². The van der Waals surface area contributed by atoms with Gasteiger partial charge in [-0.05, 0) is 35.3 Å². The predicted octanol–water partition coefficient (Wildman–Crippen LogP) is 2.18. The zero-order valence-corrected chi connectivity index (χ0v) is 10.1. The molecule has 5 heteroatoms. The van der Waals surface area contributed by atoms with E-state index in [0.29, 0.717) is 5.56 Å². The number of anilines is 1. The molecule has 0 aliphatic rings. The van der Waals surface area contributed by atoms with Gasteiger partial charge in [-0.25, -0.2) is 0 Å². The minimum atomic E-state index is -2.38. The number of para-hydroxylation sites is 1. The fourth-order valence-electron chi connectivity index (χ4n) is 1.50. The third-order valence-corrected chi connectivity index (χ3v) is 3.07. The van der Waals surface area contributed by atoms with Crippen LogP contribution in [-0.4, -0.2) is 14.7 Å². The highest BCUT2D eigenvalue weighted by Crippen LogP contribution is 2.18. The summed E-state index contributed by atoms with van der Waals surface area (Å²) in [6.45, 7) is 0. The molecule has 0 fully saturated rings. The number of carbonyl (C=O) groups is 1. The summed E-state index contributed by atoms with van der Waals surface area (Å²) in [5.41, 5.74) is 0.753. The first-order valence-corrected chi connectivity index (χ1v) is 6.30. The molecule has 1 amide bonds. The van der Waals surface area contributed by atoms with Gasteiger partial charge in [0.15, 0.2) is 0 Å². The van der Waals surface area contributed by atoms with Crippen LogP contribution in [0.2, 0.25) is 0 Å². The summed E-state index contributed by atoms with van der Waals surface area (Å²) in [5, 5.41) is 2.58. The van der Waals surface area contributed by atoms with Crippen LogP contribution in [0.1, 0.15) is 10.4 Å². The van der Waals surface area contributed by atoms with E-state index in [1.807, 2.05) is 0 Å². The van der Waals surface area contributed by atoms with Crippen LogP contribution in [0.4, 0.5) is 5.69 Å². The zero-order valence-electron chi connectivity index (χ0n) is 9.33. The Kier molecular flexibility index (Phi) is 3.86. The van der Waals surface area contributed by atoms with E-state index in [2.05, 4.69) is 5.32 Å². The zero-order chi connectivity index (χ0) is 13.0. The molecule has 1 atom stereocenters. The highest BCUT2D eigenvalue weighted by molar-refractivity contribution is 7.79. The molecule has 0 aliphatic heterocycles. The molecule has 2 rings (SSSR count).